The van der Waals surface area contributed by atoms with Crippen molar-refractivity contribution in [1.82, 2.24) is 4.90 Å². The van der Waals surface area contributed by atoms with Gasteiger partial charge in [-0.15, -0.1) is 0 Å². The molecule has 0 saturated carbocycles. The molecule has 1 N–H and O–H groups in total. The summed E-state index contributed by atoms with van der Waals surface area (Å²) in [5, 5.41) is 9.24. The van der Waals surface area contributed by atoms with Gasteiger partial charge in [0, 0.05) is 13.1 Å². The standard InChI is InChI=1S/C19H23NO5/c1-23-17-9-8-16(12-18(17)24-2)13-20(10-11-21)19(22)25-14-15-6-4-3-5-7-15/h3-9,12,21H,10-11,13-14H2,1-2H3. The van der Waals surface area contributed by atoms with Crippen LogP contribution in [0.15, 0.2) is 48.5 Å². The first kappa shape index (κ1) is 18.6. The van der Waals surface area contributed by atoms with Crippen molar-refractivity contribution in [3.8, 4) is 11.5 Å². The van der Waals surface area contributed by atoms with Crippen LogP contribution in [0.5, 0.6) is 11.5 Å². The van der Waals surface area contributed by atoms with E-state index in [0.717, 1.165) is 11.1 Å². The number of amides is 1. The molecule has 2 aromatic rings. The number of aliphatic hydroxyl groups excluding tert-OH is 1. The number of rotatable bonds is 8. The fourth-order valence-electron chi connectivity index (χ4n) is 2.37. The van der Waals surface area contributed by atoms with Gasteiger partial charge in [0.1, 0.15) is 6.61 Å². The molecule has 134 valence electrons. The number of hydrogen-bond donors (Lipinski definition) is 1. The first-order chi connectivity index (χ1) is 12.2. The predicted molar refractivity (Wildman–Crippen MR) is 93.7 cm³/mol. The summed E-state index contributed by atoms with van der Waals surface area (Å²) in [5.74, 6) is 1.20. The van der Waals surface area contributed by atoms with Crippen LogP contribution in [0.4, 0.5) is 4.79 Å². The fourth-order valence-corrected chi connectivity index (χ4v) is 2.37. The molecule has 2 rings (SSSR count). The van der Waals surface area contributed by atoms with Gasteiger partial charge in [0.15, 0.2) is 11.5 Å². The molecule has 0 aliphatic heterocycles. The Kier molecular flexibility index (Phi) is 7.10. The van der Waals surface area contributed by atoms with E-state index in [2.05, 4.69) is 0 Å². The molecule has 0 unspecified atom stereocenters. The highest BCUT2D eigenvalue weighted by molar-refractivity contribution is 5.67. The molecule has 0 fully saturated rings. The van der Waals surface area contributed by atoms with Gasteiger partial charge < -0.3 is 24.2 Å². The molecule has 0 aliphatic carbocycles. The van der Waals surface area contributed by atoms with Crippen molar-refractivity contribution in [2.45, 2.75) is 13.2 Å². The lowest BCUT2D eigenvalue weighted by molar-refractivity contribution is 0.0858. The average molecular weight is 345 g/mol. The Morgan fingerprint density at radius 3 is 2.36 bits per heavy atom. The minimum Gasteiger partial charge on any atom is -0.493 e. The maximum absolute atomic E-state index is 12.3. The fraction of sp³-hybridized carbons (Fsp3) is 0.316. The number of ether oxygens (including phenoxy) is 3. The molecule has 0 aromatic heterocycles. The van der Waals surface area contributed by atoms with E-state index >= 15 is 0 Å². The van der Waals surface area contributed by atoms with E-state index in [9.17, 15) is 9.90 Å². The molecular weight excluding hydrogens is 322 g/mol. The summed E-state index contributed by atoms with van der Waals surface area (Å²) in [7, 11) is 3.12. The van der Waals surface area contributed by atoms with Crippen LogP contribution in [0.25, 0.3) is 0 Å². The zero-order valence-corrected chi connectivity index (χ0v) is 14.5. The second-order valence-electron chi connectivity index (χ2n) is 5.37. The molecular formula is C19H23NO5. The molecule has 6 nitrogen and oxygen atoms in total. The zero-order valence-electron chi connectivity index (χ0n) is 14.5. The lowest BCUT2D eigenvalue weighted by atomic mass is 10.2. The van der Waals surface area contributed by atoms with Gasteiger partial charge in [-0.2, -0.15) is 0 Å². The highest BCUT2D eigenvalue weighted by Crippen LogP contribution is 2.28. The molecule has 6 heteroatoms. The molecule has 0 radical (unpaired) electrons. The average Bonchev–Trinajstić information content (AvgIpc) is 2.66. The Bertz CT molecular complexity index is 675. The SMILES string of the molecule is COc1ccc(CN(CCO)C(=O)OCc2ccccc2)cc1OC. The van der Waals surface area contributed by atoms with Crippen LogP contribution in [0.1, 0.15) is 11.1 Å². The van der Waals surface area contributed by atoms with Gasteiger partial charge >= 0.3 is 6.09 Å². The maximum Gasteiger partial charge on any atom is 0.410 e. The van der Waals surface area contributed by atoms with Crippen LogP contribution in [0.2, 0.25) is 0 Å². The summed E-state index contributed by atoms with van der Waals surface area (Å²) < 4.78 is 15.8. The first-order valence-corrected chi connectivity index (χ1v) is 7.95. The number of hydrogen-bond acceptors (Lipinski definition) is 5. The molecule has 0 heterocycles. The topological polar surface area (TPSA) is 68.2 Å². The normalized spacial score (nSPS) is 10.2. The lowest BCUT2D eigenvalue weighted by Crippen LogP contribution is -2.33. The van der Waals surface area contributed by atoms with Crippen molar-refractivity contribution in [2.24, 2.45) is 0 Å². The Morgan fingerprint density at radius 1 is 1.00 bits per heavy atom. The number of benzene rings is 2. The number of methoxy groups -OCH3 is 2. The molecule has 2 aromatic carbocycles. The summed E-state index contributed by atoms with van der Waals surface area (Å²) in [6.07, 6.45) is -0.479. The van der Waals surface area contributed by atoms with Gasteiger partial charge in [-0.05, 0) is 23.3 Å². The van der Waals surface area contributed by atoms with Gasteiger partial charge in [0.2, 0.25) is 0 Å². The molecule has 0 saturated heterocycles. The minimum atomic E-state index is -0.479. The van der Waals surface area contributed by atoms with Crippen LogP contribution in [0.3, 0.4) is 0 Å². The van der Waals surface area contributed by atoms with E-state index < -0.39 is 6.09 Å². The van der Waals surface area contributed by atoms with Gasteiger partial charge in [0.05, 0.1) is 20.8 Å². The Balaban J connectivity index is 2.03. The van der Waals surface area contributed by atoms with Crippen LogP contribution >= 0.6 is 0 Å². The molecule has 0 bridgehead atoms. The van der Waals surface area contributed by atoms with E-state index in [4.69, 9.17) is 14.2 Å². The van der Waals surface area contributed by atoms with E-state index in [0.29, 0.717) is 18.0 Å². The monoisotopic (exact) mass is 345 g/mol. The Hall–Kier alpha value is -2.73. The minimum absolute atomic E-state index is 0.145. The third-order valence-electron chi connectivity index (χ3n) is 3.65. The summed E-state index contributed by atoms with van der Waals surface area (Å²) in [4.78, 5) is 13.8. The zero-order chi connectivity index (χ0) is 18.1. The maximum atomic E-state index is 12.3. The van der Waals surface area contributed by atoms with Crippen molar-refractivity contribution in [3.05, 3.63) is 59.7 Å². The van der Waals surface area contributed by atoms with E-state index in [1.54, 1.807) is 26.4 Å². The van der Waals surface area contributed by atoms with Crippen LogP contribution in [-0.2, 0) is 17.9 Å². The number of carbonyl (C=O) groups excluding carboxylic acids is 1. The van der Waals surface area contributed by atoms with E-state index in [1.807, 2.05) is 36.4 Å². The first-order valence-electron chi connectivity index (χ1n) is 7.95. The van der Waals surface area contributed by atoms with Crippen molar-refractivity contribution < 1.29 is 24.1 Å². The molecule has 0 aliphatic rings. The third-order valence-corrected chi connectivity index (χ3v) is 3.65. The largest absolute Gasteiger partial charge is 0.493 e. The van der Waals surface area contributed by atoms with E-state index in [-0.39, 0.29) is 19.8 Å². The van der Waals surface area contributed by atoms with Gasteiger partial charge in [-0.1, -0.05) is 36.4 Å². The Labute approximate surface area is 147 Å². The molecule has 25 heavy (non-hydrogen) atoms. The number of nitrogens with zero attached hydrogens (tertiary/aromatic N) is 1. The van der Waals surface area contributed by atoms with Crippen molar-refractivity contribution in [3.63, 3.8) is 0 Å². The number of aliphatic hydroxyl groups is 1. The smallest absolute Gasteiger partial charge is 0.410 e. The second-order valence-corrected chi connectivity index (χ2v) is 5.37. The lowest BCUT2D eigenvalue weighted by Gasteiger charge is -2.22. The second kappa shape index (κ2) is 9.54. The summed E-state index contributed by atoms with van der Waals surface area (Å²) in [5.41, 5.74) is 1.76. The van der Waals surface area contributed by atoms with Crippen molar-refractivity contribution in [1.29, 1.82) is 0 Å². The van der Waals surface area contributed by atoms with Crippen molar-refractivity contribution >= 4 is 6.09 Å². The van der Waals surface area contributed by atoms with Gasteiger partial charge in [0.25, 0.3) is 0 Å². The summed E-state index contributed by atoms with van der Waals surface area (Å²) in [6, 6.07) is 14.9. The van der Waals surface area contributed by atoms with Gasteiger partial charge in [-0.25, -0.2) is 4.79 Å². The van der Waals surface area contributed by atoms with Crippen molar-refractivity contribution in [2.75, 3.05) is 27.4 Å². The third kappa shape index (κ3) is 5.39. The summed E-state index contributed by atoms with van der Waals surface area (Å²) >= 11 is 0. The number of carbonyl (C=O) groups is 1. The molecule has 1 amide bonds. The predicted octanol–water partition coefficient (Wildman–Crippen LogP) is 2.83. The highest BCUT2D eigenvalue weighted by atomic mass is 16.6. The van der Waals surface area contributed by atoms with Crippen LogP contribution in [-0.4, -0.2) is 43.5 Å². The Morgan fingerprint density at radius 2 is 1.72 bits per heavy atom. The molecule has 0 spiro atoms. The summed E-state index contributed by atoms with van der Waals surface area (Å²) in [6.45, 7) is 0.526. The van der Waals surface area contributed by atoms with E-state index in [1.165, 1.54) is 4.90 Å². The quantitative estimate of drug-likeness (QED) is 0.797. The van der Waals surface area contributed by atoms with Crippen LogP contribution < -0.4 is 9.47 Å². The molecule has 0 atom stereocenters. The highest BCUT2D eigenvalue weighted by Gasteiger charge is 2.16. The van der Waals surface area contributed by atoms with Crippen LogP contribution in [0, 0.1) is 0 Å². The van der Waals surface area contributed by atoms with Gasteiger partial charge in [-0.3, -0.25) is 0 Å².